The van der Waals surface area contributed by atoms with E-state index in [1.807, 2.05) is 11.8 Å². The second-order valence-electron chi connectivity index (χ2n) is 5.20. The predicted octanol–water partition coefficient (Wildman–Crippen LogP) is 3.68. The van der Waals surface area contributed by atoms with E-state index in [1.165, 1.54) is 36.0 Å². The molecule has 0 aromatic heterocycles. The first kappa shape index (κ1) is 13.0. The molecule has 0 aliphatic heterocycles. The van der Waals surface area contributed by atoms with Gasteiger partial charge in [0.2, 0.25) is 0 Å². The molecular formula is C15H23NS. The van der Waals surface area contributed by atoms with Gasteiger partial charge in [-0.25, -0.2) is 0 Å². The molecular weight excluding hydrogens is 226 g/mol. The maximum Gasteiger partial charge on any atom is 0.0281 e. The van der Waals surface area contributed by atoms with E-state index in [1.54, 1.807) is 0 Å². The van der Waals surface area contributed by atoms with Crippen LogP contribution in [-0.2, 0) is 6.54 Å². The number of hydrogen-bond acceptors (Lipinski definition) is 2. The van der Waals surface area contributed by atoms with Crippen LogP contribution in [0.3, 0.4) is 0 Å². The smallest absolute Gasteiger partial charge is 0.0281 e. The summed E-state index contributed by atoms with van der Waals surface area (Å²) in [5, 5.41) is 3.64. The number of rotatable bonds is 5. The summed E-state index contributed by atoms with van der Waals surface area (Å²) < 4.78 is 0.539. The Bertz CT molecular complexity index is 377. The molecule has 0 atom stereocenters. The SMILES string of the molecule is CSC1(CNCc2cccc(C)c2C)CCC1. The molecule has 1 saturated carbocycles. The van der Waals surface area contributed by atoms with E-state index in [4.69, 9.17) is 0 Å². The van der Waals surface area contributed by atoms with Gasteiger partial charge in [-0.1, -0.05) is 24.6 Å². The van der Waals surface area contributed by atoms with Gasteiger partial charge in [0.1, 0.15) is 0 Å². The average Bonchev–Trinajstić information content (AvgIpc) is 2.28. The zero-order valence-corrected chi connectivity index (χ0v) is 12.0. The van der Waals surface area contributed by atoms with E-state index in [0.29, 0.717) is 4.75 Å². The van der Waals surface area contributed by atoms with Gasteiger partial charge in [-0.2, -0.15) is 11.8 Å². The Morgan fingerprint density at radius 1 is 1.29 bits per heavy atom. The maximum atomic E-state index is 3.64. The first-order chi connectivity index (χ1) is 8.17. The summed E-state index contributed by atoms with van der Waals surface area (Å²) in [5.74, 6) is 0. The molecule has 1 aromatic carbocycles. The fourth-order valence-corrected chi connectivity index (χ4v) is 3.40. The van der Waals surface area contributed by atoms with Gasteiger partial charge in [0.15, 0.2) is 0 Å². The van der Waals surface area contributed by atoms with Gasteiger partial charge in [0, 0.05) is 17.8 Å². The van der Waals surface area contributed by atoms with Crippen LogP contribution in [0, 0.1) is 13.8 Å². The zero-order valence-electron chi connectivity index (χ0n) is 11.2. The zero-order chi connectivity index (χ0) is 12.3. The molecule has 1 nitrogen and oxygen atoms in total. The normalized spacial score (nSPS) is 17.8. The molecule has 1 N–H and O–H groups in total. The molecule has 0 heterocycles. The van der Waals surface area contributed by atoms with E-state index < -0.39 is 0 Å². The van der Waals surface area contributed by atoms with Crippen molar-refractivity contribution < 1.29 is 0 Å². The minimum atomic E-state index is 0.539. The van der Waals surface area contributed by atoms with Crippen molar-refractivity contribution in [3.05, 3.63) is 34.9 Å². The molecule has 1 aliphatic carbocycles. The second-order valence-corrected chi connectivity index (χ2v) is 6.48. The highest BCUT2D eigenvalue weighted by Gasteiger charge is 2.35. The Morgan fingerprint density at radius 2 is 2.06 bits per heavy atom. The fourth-order valence-electron chi connectivity index (χ4n) is 2.45. The van der Waals surface area contributed by atoms with Crippen molar-refractivity contribution in [3.63, 3.8) is 0 Å². The van der Waals surface area contributed by atoms with Crippen LogP contribution in [-0.4, -0.2) is 17.5 Å². The molecule has 1 fully saturated rings. The van der Waals surface area contributed by atoms with Gasteiger partial charge >= 0.3 is 0 Å². The lowest BCUT2D eigenvalue weighted by atomic mass is 9.84. The summed E-state index contributed by atoms with van der Waals surface area (Å²) in [5.41, 5.74) is 4.28. The lowest BCUT2D eigenvalue weighted by molar-refractivity contribution is 0.345. The second kappa shape index (κ2) is 5.45. The van der Waals surface area contributed by atoms with Crippen LogP contribution in [0.4, 0.5) is 0 Å². The van der Waals surface area contributed by atoms with Gasteiger partial charge < -0.3 is 5.32 Å². The van der Waals surface area contributed by atoms with E-state index in [9.17, 15) is 0 Å². The van der Waals surface area contributed by atoms with Crippen LogP contribution in [0.25, 0.3) is 0 Å². The topological polar surface area (TPSA) is 12.0 Å². The number of nitrogens with one attached hydrogen (secondary N) is 1. The Balaban J connectivity index is 1.88. The first-order valence-electron chi connectivity index (χ1n) is 6.48. The average molecular weight is 249 g/mol. The van der Waals surface area contributed by atoms with Crippen molar-refractivity contribution in [1.82, 2.24) is 5.32 Å². The Kier molecular flexibility index (Phi) is 4.16. The quantitative estimate of drug-likeness (QED) is 0.854. The predicted molar refractivity (Wildman–Crippen MR) is 77.7 cm³/mol. The lowest BCUT2D eigenvalue weighted by Crippen LogP contribution is -2.43. The molecule has 1 aliphatic rings. The van der Waals surface area contributed by atoms with Gasteiger partial charge in [0.05, 0.1) is 0 Å². The highest BCUT2D eigenvalue weighted by molar-refractivity contribution is 8.00. The van der Waals surface area contributed by atoms with Crippen molar-refractivity contribution in [2.24, 2.45) is 0 Å². The molecule has 94 valence electrons. The molecule has 0 spiro atoms. The van der Waals surface area contributed by atoms with Crippen LogP contribution in [0.5, 0.6) is 0 Å². The Morgan fingerprint density at radius 3 is 2.65 bits per heavy atom. The minimum Gasteiger partial charge on any atom is -0.311 e. The Labute approximate surface area is 109 Å². The number of aryl methyl sites for hydroxylation is 1. The molecule has 1 aromatic rings. The first-order valence-corrected chi connectivity index (χ1v) is 7.70. The van der Waals surface area contributed by atoms with Crippen LogP contribution in [0.15, 0.2) is 18.2 Å². The van der Waals surface area contributed by atoms with Gasteiger partial charge in [-0.3, -0.25) is 0 Å². The summed E-state index contributed by atoms with van der Waals surface area (Å²) in [6.07, 6.45) is 6.42. The Hall–Kier alpha value is -0.470. The maximum absolute atomic E-state index is 3.64. The minimum absolute atomic E-state index is 0.539. The lowest BCUT2D eigenvalue weighted by Gasteiger charge is -2.40. The van der Waals surface area contributed by atoms with Crippen molar-refractivity contribution in [2.75, 3.05) is 12.8 Å². The third kappa shape index (κ3) is 2.86. The van der Waals surface area contributed by atoms with E-state index >= 15 is 0 Å². The molecule has 0 amide bonds. The summed E-state index contributed by atoms with van der Waals surface area (Å²) >= 11 is 2.04. The molecule has 2 rings (SSSR count). The summed E-state index contributed by atoms with van der Waals surface area (Å²) in [6.45, 7) is 6.57. The van der Waals surface area contributed by atoms with Crippen molar-refractivity contribution in [3.8, 4) is 0 Å². The van der Waals surface area contributed by atoms with Crippen molar-refractivity contribution in [1.29, 1.82) is 0 Å². The molecule has 0 unspecified atom stereocenters. The standard InChI is InChI=1S/C15H23NS/c1-12-6-4-7-14(13(12)2)10-16-11-15(17-3)8-5-9-15/h4,6-7,16H,5,8-11H2,1-3H3. The third-order valence-corrected chi connectivity index (χ3v) is 5.60. The summed E-state index contributed by atoms with van der Waals surface area (Å²) in [6, 6.07) is 6.59. The number of hydrogen-bond donors (Lipinski definition) is 1. The van der Waals surface area contributed by atoms with E-state index in [0.717, 1.165) is 13.1 Å². The molecule has 0 saturated heterocycles. The summed E-state index contributed by atoms with van der Waals surface area (Å²) in [7, 11) is 0. The van der Waals surface area contributed by atoms with Crippen LogP contribution in [0.2, 0.25) is 0 Å². The largest absolute Gasteiger partial charge is 0.311 e. The number of benzene rings is 1. The van der Waals surface area contributed by atoms with Crippen LogP contribution in [0.1, 0.15) is 36.0 Å². The third-order valence-electron chi connectivity index (χ3n) is 4.18. The van der Waals surface area contributed by atoms with Gasteiger partial charge in [0.25, 0.3) is 0 Å². The molecule has 17 heavy (non-hydrogen) atoms. The molecule has 0 bridgehead atoms. The van der Waals surface area contributed by atoms with Crippen molar-refractivity contribution in [2.45, 2.75) is 44.4 Å². The molecule has 0 radical (unpaired) electrons. The van der Waals surface area contributed by atoms with Crippen LogP contribution >= 0.6 is 11.8 Å². The van der Waals surface area contributed by atoms with E-state index in [2.05, 4.69) is 43.6 Å². The highest BCUT2D eigenvalue weighted by atomic mass is 32.2. The summed E-state index contributed by atoms with van der Waals surface area (Å²) in [4.78, 5) is 0. The monoisotopic (exact) mass is 249 g/mol. The van der Waals surface area contributed by atoms with Crippen LogP contribution < -0.4 is 5.32 Å². The van der Waals surface area contributed by atoms with Crippen molar-refractivity contribution >= 4 is 11.8 Å². The van der Waals surface area contributed by atoms with E-state index in [-0.39, 0.29) is 0 Å². The van der Waals surface area contributed by atoms with Gasteiger partial charge in [-0.15, -0.1) is 0 Å². The number of thioether (sulfide) groups is 1. The van der Waals surface area contributed by atoms with Gasteiger partial charge in [-0.05, 0) is 49.6 Å². The molecule has 2 heteroatoms. The fraction of sp³-hybridized carbons (Fsp3) is 0.600. The highest BCUT2D eigenvalue weighted by Crippen LogP contribution is 2.42.